The van der Waals surface area contributed by atoms with Crippen molar-refractivity contribution in [2.45, 2.75) is 51.8 Å². The summed E-state index contributed by atoms with van der Waals surface area (Å²) in [6.07, 6.45) is 6.78. The van der Waals surface area contributed by atoms with E-state index in [2.05, 4.69) is 25.3 Å². The molecule has 1 atom stereocenters. The molecule has 0 spiro atoms. The van der Waals surface area contributed by atoms with Crippen molar-refractivity contribution in [1.29, 1.82) is 0 Å². The van der Waals surface area contributed by atoms with Gasteiger partial charge in [0.25, 0.3) is 0 Å². The molecule has 1 aliphatic carbocycles. The number of hydrogen-bond donors (Lipinski definition) is 2. The highest BCUT2D eigenvalue weighted by Gasteiger charge is 2.38. The third kappa shape index (κ3) is 3.60. The second kappa shape index (κ2) is 7.84. The number of amides is 1. The molecule has 0 aromatic carbocycles. The molecule has 1 aliphatic heterocycles. The number of likely N-dealkylation sites (tertiary alicyclic amines) is 1. The molecule has 3 aromatic heterocycles. The number of carbonyl (C=O) groups is 1. The van der Waals surface area contributed by atoms with Crippen LogP contribution in [-0.4, -0.2) is 70.6 Å². The van der Waals surface area contributed by atoms with E-state index in [1.165, 1.54) is 0 Å². The summed E-state index contributed by atoms with van der Waals surface area (Å²) in [6.45, 7) is 5.95. The van der Waals surface area contributed by atoms with E-state index in [1.54, 1.807) is 18.7 Å². The zero-order chi connectivity index (χ0) is 21.5. The molecule has 0 unspecified atom stereocenters. The van der Waals surface area contributed by atoms with Gasteiger partial charge < -0.3 is 19.9 Å². The second-order valence-corrected chi connectivity index (χ2v) is 8.33. The van der Waals surface area contributed by atoms with Crippen LogP contribution in [0.15, 0.2) is 18.7 Å². The number of aliphatic hydroxyl groups is 1. The Morgan fingerprint density at radius 2 is 2.00 bits per heavy atom. The minimum atomic E-state index is -0.318. The SMILES string of the molecule is CCn1c(-c2cnc(C)nc2)nc2c(N[C@H]3CCN(C(=O)C4CC(O)C4)C3)ncnc21. The minimum absolute atomic E-state index is 0.0287. The van der Waals surface area contributed by atoms with Crippen molar-refractivity contribution in [3.63, 3.8) is 0 Å². The van der Waals surface area contributed by atoms with Crippen molar-refractivity contribution in [3.05, 3.63) is 24.5 Å². The number of rotatable bonds is 5. The van der Waals surface area contributed by atoms with Gasteiger partial charge in [-0.05, 0) is 33.1 Å². The quantitative estimate of drug-likeness (QED) is 0.633. The van der Waals surface area contributed by atoms with Crippen LogP contribution in [0.2, 0.25) is 0 Å². The molecule has 1 amide bonds. The topological polar surface area (TPSA) is 122 Å². The van der Waals surface area contributed by atoms with Gasteiger partial charge in [0, 0.05) is 44.0 Å². The van der Waals surface area contributed by atoms with Crippen molar-refractivity contribution in [3.8, 4) is 11.4 Å². The number of nitrogens with one attached hydrogen (secondary N) is 1. The maximum Gasteiger partial charge on any atom is 0.225 e. The van der Waals surface area contributed by atoms with Crippen molar-refractivity contribution >= 4 is 22.9 Å². The van der Waals surface area contributed by atoms with Gasteiger partial charge in [-0.3, -0.25) is 4.79 Å². The molecular formula is C21H26N8O2. The van der Waals surface area contributed by atoms with E-state index in [0.717, 1.165) is 23.5 Å². The molecule has 1 saturated heterocycles. The first-order valence-electron chi connectivity index (χ1n) is 10.8. The van der Waals surface area contributed by atoms with Gasteiger partial charge in [0.2, 0.25) is 5.91 Å². The number of nitrogens with zero attached hydrogens (tertiary/aromatic N) is 7. The van der Waals surface area contributed by atoms with Crippen LogP contribution in [0.25, 0.3) is 22.6 Å². The van der Waals surface area contributed by atoms with Crippen molar-refractivity contribution < 1.29 is 9.90 Å². The van der Waals surface area contributed by atoms with Crippen LogP contribution in [0.3, 0.4) is 0 Å². The van der Waals surface area contributed by atoms with E-state index in [4.69, 9.17) is 4.98 Å². The van der Waals surface area contributed by atoms with E-state index >= 15 is 0 Å². The lowest BCUT2D eigenvalue weighted by Gasteiger charge is -2.33. The molecule has 3 aromatic rings. The highest BCUT2D eigenvalue weighted by Crippen LogP contribution is 2.31. The Balaban J connectivity index is 1.38. The number of aryl methyl sites for hydroxylation is 2. The first kappa shape index (κ1) is 19.8. The van der Waals surface area contributed by atoms with Crippen LogP contribution in [0.5, 0.6) is 0 Å². The Hall–Kier alpha value is -3.14. The van der Waals surface area contributed by atoms with Gasteiger partial charge in [-0.1, -0.05) is 0 Å². The van der Waals surface area contributed by atoms with Gasteiger partial charge in [0.05, 0.1) is 11.7 Å². The number of aliphatic hydroxyl groups excluding tert-OH is 1. The first-order chi connectivity index (χ1) is 15.0. The minimum Gasteiger partial charge on any atom is -0.393 e. The fourth-order valence-corrected chi connectivity index (χ4v) is 4.39. The molecule has 1 saturated carbocycles. The Kier molecular flexibility index (Phi) is 5.01. The molecule has 10 heteroatoms. The zero-order valence-corrected chi connectivity index (χ0v) is 17.7. The highest BCUT2D eigenvalue weighted by molar-refractivity contribution is 5.86. The van der Waals surface area contributed by atoms with Gasteiger partial charge in [0.1, 0.15) is 18.0 Å². The Labute approximate surface area is 179 Å². The standard InChI is InChI=1S/C21H26N8O2/c1-3-29-19(14-8-22-12(2)23-9-14)27-17-18(24-11-25-20(17)29)26-15-4-5-28(10-15)21(31)13-6-16(30)7-13/h8-9,11,13,15-16,30H,3-7,10H2,1-2H3,(H,24,25,26)/t13?,15-,16?/m0/s1. The molecule has 2 aliphatic rings. The lowest BCUT2D eigenvalue weighted by atomic mass is 9.81. The number of anilines is 1. The Morgan fingerprint density at radius 3 is 2.71 bits per heavy atom. The molecule has 162 valence electrons. The summed E-state index contributed by atoms with van der Waals surface area (Å²) in [5.41, 5.74) is 2.29. The highest BCUT2D eigenvalue weighted by atomic mass is 16.3. The van der Waals surface area contributed by atoms with Crippen LogP contribution in [0.1, 0.15) is 32.0 Å². The van der Waals surface area contributed by atoms with E-state index < -0.39 is 0 Å². The summed E-state index contributed by atoms with van der Waals surface area (Å²) in [4.78, 5) is 36.8. The Morgan fingerprint density at radius 1 is 1.23 bits per heavy atom. The lowest BCUT2D eigenvalue weighted by molar-refractivity contribution is -0.141. The predicted molar refractivity (Wildman–Crippen MR) is 114 cm³/mol. The maximum atomic E-state index is 12.6. The van der Waals surface area contributed by atoms with E-state index in [0.29, 0.717) is 49.6 Å². The smallest absolute Gasteiger partial charge is 0.225 e. The molecule has 2 fully saturated rings. The molecule has 2 N–H and O–H groups in total. The molecule has 0 bridgehead atoms. The summed E-state index contributed by atoms with van der Waals surface area (Å²) in [7, 11) is 0. The van der Waals surface area contributed by atoms with E-state index in [1.807, 2.05) is 23.3 Å². The van der Waals surface area contributed by atoms with E-state index in [9.17, 15) is 9.90 Å². The summed E-state index contributed by atoms with van der Waals surface area (Å²) in [6, 6.07) is 0.102. The van der Waals surface area contributed by atoms with Gasteiger partial charge in [-0.15, -0.1) is 0 Å². The average Bonchev–Trinajstić information content (AvgIpc) is 3.36. The average molecular weight is 422 g/mol. The fourth-order valence-electron chi connectivity index (χ4n) is 4.39. The largest absolute Gasteiger partial charge is 0.393 e. The summed E-state index contributed by atoms with van der Waals surface area (Å²) in [5.74, 6) is 2.26. The molecule has 0 radical (unpaired) electrons. The number of hydrogen-bond acceptors (Lipinski definition) is 8. The zero-order valence-electron chi connectivity index (χ0n) is 17.7. The van der Waals surface area contributed by atoms with Crippen LogP contribution in [0, 0.1) is 12.8 Å². The van der Waals surface area contributed by atoms with Gasteiger partial charge in [-0.2, -0.15) is 0 Å². The van der Waals surface area contributed by atoms with Crippen LogP contribution in [0.4, 0.5) is 5.82 Å². The Bertz CT molecular complexity index is 1110. The van der Waals surface area contributed by atoms with Crippen molar-refractivity contribution in [2.75, 3.05) is 18.4 Å². The van der Waals surface area contributed by atoms with Crippen LogP contribution in [-0.2, 0) is 11.3 Å². The molecule has 31 heavy (non-hydrogen) atoms. The first-order valence-corrected chi connectivity index (χ1v) is 10.8. The van der Waals surface area contributed by atoms with Gasteiger partial charge in [0.15, 0.2) is 17.0 Å². The fraction of sp³-hybridized carbons (Fsp3) is 0.524. The van der Waals surface area contributed by atoms with Crippen LogP contribution >= 0.6 is 0 Å². The van der Waals surface area contributed by atoms with Crippen molar-refractivity contribution in [1.82, 2.24) is 34.4 Å². The van der Waals surface area contributed by atoms with Gasteiger partial charge >= 0.3 is 0 Å². The summed E-state index contributed by atoms with van der Waals surface area (Å²) >= 11 is 0. The van der Waals surface area contributed by atoms with Gasteiger partial charge in [-0.25, -0.2) is 24.9 Å². The van der Waals surface area contributed by atoms with Crippen LogP contribution < -0.4 is 5.32 Å². The molecular weight excluding hydrogens is 396 g/mol. The third-order valence-electron chi connectivity index (χ3n) is 6.19. The third-order valence-corrected chi connectivity index (χ3v) is 6.19. The second-order valence-electron chi connectivity index (χ2n) is 8.33. The lowest BCUT2D eigenvalue weighted by Crippen LogP contribution is -2.43. The maximum absolute atomic E-state index is 12.6. The number of imidazole rings is 1. The molecule has 10 nitrogen and oxygen atoms in total. The summed E-state index contributed by atoms with van der Waals surface area (Å²) < 4.78 is 2.03. The summed E-state index contributed by atoms with van der Waals surface area (Å²) in [5, 5.41) is 13.0. The number of carbonyl (C=O) groups excluding carboxylic acids is 1. The predicted octanol–water partition coefficient (Wildman–Crippen LogP) is 1.40. The van der Waals surface area contributed by atoms with Crippen molar-refractivity contribution in [2.24, 2.45) is 5.92 Å². The number of fused-ring (bicyclic) bond motifs is 1. The normalized spacial score (nSPS) is 23.2. The molecule has 4 heterocycles. The van der Waals surface area contributed by atoms with E-state index in [-0.39, 0.29) is 24.0 Å². The number of aromatic nitrogens is 6. The molecule has 5 rings (SSSR count). The monoisotopic (exact) mass is 422 g/mol.